The second-order valence-corrected chi connectivity index (χ2v) is 6.63. The lowest BCUT2D eigenvalue weighted by atomic mass is 10.3. The molecule has 0 radical (unpaired) electrons. The van der Waals surface area contributed by atoms with E-state index in [1.165, 1.54) is 4.90 Å². The molecule has 0 spiro atoms. The quantitative estimate of drug-likeness (QED) is 0.708. The first kappa shape index (κ1) is 18.8. The molecule has 0 aliphatic carbocycles. The van der Waals surface area contributed by atoms with Gasteiger partial charge in [0, 0.05) is 11.6 Å². The fourth-order valence-electron chi connectivity index (χ4n) is 2.06. The highest BCUT2D eigenvalue weighted by atomic mass is 79.9. The van der Waals surface area contributed by atoms with Gasteiger partial charge in [0.1, 0.15) is 6.54 Å². The number of halogens is 3. The number of anilines is 1. The Bertz CT molecular complexity index is 749. The Kier molecular flexibility index (Phi) is 6.71. The van der Waals surface area contributed by atoms with E-state index in [-0.39, 0.29) is 24.1 Å². The van der Waals surface area contributed by atoms with Crippen LogP contribution in [0.15, 0.2) is 39.4 Å². The molecule has 0 atom stereocenters. The van der Waals surface area contributed by atoms with Gasteiger partial charge in [-0.3, -0.25) is 9.59 Å². The Balaban J connectivity index is 2.08. The van der Waals surface area contributed by atoms with E-state index in [0.717, 1.165) is 0 Å². The minimum Gasteiger partial charge on any atom is -0.444 e. The first-order valence-electron chi connectivity index (χ1n) is 7.20. The maximum absolute atomic E-state index is 12.4. The molecule has 1 aromatic heterocycles. The standard InChI is InChI=1S/C16H15BrCl2N2O3/c1-2-7-21(16(23)13-5-6-14(17)24-13)9-15(22)20-12-8-10(18)3-4-11(12)19/h3-6,8H,2,7,9H2,1H3,(H,20,22). The SMILES string of the molecule is CCCN(CC(=O)Nc1cc(Cl)ccc1Cl)C(=O)c1ccc(Br)o1. The van der Waals surface area contributed by atoms with E-state index < -0.39 is 0 Å². The molecule has 0 aliphatic heterocycles. The molecule has 1 N–H and O–H groups in total. The van der Waals surface area contributed by atoms with Crippen LogP contribution >= 0.6 is 39.1 Å². The van der Waals surface area contributed by atoms with Crippen molar-refractivity contribution in [1.29, 1.82) is 0 Å². The summed E-state index contributed by atoms with van der Waals surface area (Å²) in [7, 11) is 0. The molecule has 2 aromatic rings. The zero-order valence-corrected chi connectivity index (χ0v) is 15.9. The van der Waals surface area contributed by atoms with E-state index in [9.17, 15) is 9.59 Å². The number of nitrogens with one attached hydrogen (secondary N) is 1. The largest absolute Gasteiger partial charge is 0.444 e. The highest BCUT2D eigenvalue weighted by Gasteiger charge is 2.21. The van der Waals surface area contributed by atoms with Crippen molar-refractivity contribution in [1.82, 2.24) is 4.90 Å². The fourth-order valence-corrected chi connectivity index (χ4v) is 2.71. The molecule has 2 amide bonds. The van der Waals surface area contributed by atoms with Gasteiger partial charge in [0.25, 0.3) is 5.91 Å². The minimum absolute atomic E-state index is 0.117. The van der Waals surface area contributed by atoms with Crippen molar-refractivity contribution in [2.45, 2.75) is 13.3 Å². The number of benzene rings is 1. The third-order valence-electron chi connectivity index (χ3n) is 3.10. The summed E-state index contributed by atoms with van der Waals surface area (Å²) in [4.78, 5) is 26.1. The maximum atomic E-state index is 12.4. The van der Waals surface area contributed by atoms with Crippen LogP contribution in [0.25, 0.3) is 0 Å². The van der Waals surface area contributed by atoms with Crippen molar-refractivity contribution in [2.75, 3.05) is 18.4 Å². The van der Waals surface area contributed by atoms with Gasteiger partial charge in [0.05, 0.1) is 10.7 Å². The van der Waals surface area contributed by atoms with E-state index in [4.69, 9.17) is 27.6 Å². The number of amides is 2. The van der Waals surface area contributed by atoms with Crippen LogP contribution in [0.2, 0.25) is 10.0 Å². The molecule has 24 heavy (non-hydrogen) atoms. The predicted octanol–water partition coefficient (Wildman–Crippen LogP) is 4.84. The van der Waals surface area contributed by atoms with Gasteiger partial charge < -0.3 is 14.6 Å². The van der Waals surface area contributed by atoms with Crippen molar-refractivity contribution >= 4 is 56.6 Å². The molecule has 1 aromatic carbocycles. The van der Waals surface area contributed by atoms with Crippen molar-refractivity contribution < 1.29 is 14.0 Å². The summed E-state index contributed by atoms with van der Waals surface area (Å²) in [6.07, 6.45) is 0.707. The first-order chi connectivity index (χ1) is 11.4. The molecule has 0 saturated carbocycles. The van der Waals surface area contributed by atoms with E-state index in [2.05, 4.69) is 21.2 Å². The topological polar surface area (TPSA) is 62.6 Å². The normalized spacial score (nSPS) is 10.5. The lowest BCUT2D eigenvalue weighted by molar-refractivity contribution is -0.116. The Morgan fingerprint density at radius 3 is 2.62 bits per heavy atom. The van der Waals surface area contributed by atoms with E-state index in [1.807, 2.05) is 6.92 Å². The number of rotatable bonds is 6. The van der Waals surface area contributed by atoms with Crippen molar-refractivity contribution in [3.05, 3.63) is 50.8 Å². The van der Waals surface area contributed by atoms with Crippen LogP contribution in [-0.4, -0.2) is 29.8 Å². The molecule has 0 aliphatic rings. The zero-order valence-electron chi connectivity index (χ0n) is 12.8. The molecule has 128 valence electrons. The van der Waals surface area contributed by atoms with Crippen LogP contribution in [-0.2, 0) is 4.79 Å². The number of carbonyl (C=O) groups excluding carboxylic acids is 2. The Morgan fingerprint density at radius 2 is 2.00 bits per heavy atom. The average molecular weight is 434 g/mol. The zero-order chi connectivity index (χ0) is 17.7. The summed E-state index contributed by atoms with van der Waals surface area (Å²) < 4.78 is 5.72. The summed E-state index contributed by atoms with van der Waals surface area (Å²) in [5.74, 6) is -0.551. The van der Waals surface area contributed by atoms with Gasteiger partial charge in [-0.2, -0.15) is 0 Å². The molecule has 0 fully saturated rings. The summed E-state index contributed by atoms with van der Waals surface area (Å²) in [6, 6.07) is 7.96. The third-order valence-corrected chi connectivity index (χ3v) is 4.09. The van der Waals surface area contributed by atoms with Crippen LogP contribution in [0.3, 0.4) is 0 Å². The highest BCUT2D eigenvalue weighted by Crippen LogP contribution is 2.25. The van der Waals surface area contributed by atoms with Crippen LogP contribution in [0.1, 0.15) is 23.9 Å². The first-order valence-corrected chi connectivity index (χ1v) is 8.75. The molecular weight excluding hydrogens is 419 g/mol. The number of hydrogen-bond donors (Lipinski definition) is 1. The van der Waals surface area contributed by atoms with Gasteiger partial charge >= 0.3 is 0 Å². The predicted molar refractivity (Wildman–Crippen MR) is 97.7 cm³/mol. The van der Waals surface area contributed by atoms with Gasteiger partial charge in [-0.05, 0) is 52.7 Å². The van der Waals surface area contributed by atoms with E-state index >= 15 is 0 Å². The Labute approximate surface area is 158 Å². The molecule has 2 rings (SSSR count). The second kappa shape index (κ2) is 8.55. The molecule has 8 heteroatoms. The lowest BCUT2D eigenvalue weighted by Crippen LogP contribution is -2.38. The molecule has 0 bridgehead atoms. The summed E-state index contributed by atoms with van der Waals surface area (Å²) in [5, 5.41) is 3.49. The third kappa shape index (κ3) is 5.00. The van der Waals surface area contributed by atoms with Crippen LogP contribution in [0.5, 0.6) is 0 Å². The number of furan rings is 1. The summed E-state index contributed by atoms with van der Waals surface area (Å²) in [5.41, 5.74) is 0.402. The van der Waals surface area contributed by atoms with E-state index in [0.29, 0.717) is 33.4 Å². The monoisotopic (exact) mass is 432 g/mol. The van der Waals surface area contributed by atoms with Crippen molar-refractivity contribution in [3.8, 4) is 0 Å². The fraction of sp³-hybridized carbons (Fsp3) is 0.250. The lowest BCUT2D eigenvalue weighted by Gasteiger charge is -2.20. The van der Waals surface area contributed by atoms with E-state index in [1.54, 1.807) is 30.3 Å². The van der Waals surface area contributed by atoms with Gasteiger partial charge in [0.15, 0.2) is 10.4 Å². The van der Waals surface area contributed by atoms with Crippen LogP contribution < -0.4 is 5.32 Å². The van der Waals surface area contributed by atoms with Crippen LogP contribution in [0.4, 0.5) is 5.69 Å². The molecular formula is C16H15BrCl2N2O3. The molecule has 5 nitrogen and oxygen atoms in total. The number of nitrogens with zero attached hydrogens (tertiary/aromatic N) is 1. The summed E-state index contributed by atoms with van der Waals surface area (Å²) in [6.45, 7) is 2.23. The maximum Gasteiger partial charge on any atom is 0.290 e. The Morgan fingerprint density at radius 1 is 1.25 bits per heavy atom. The molecule has 1 heterocycles. The van der Waals surface area contributed by atoms with Crippen molar-refractivity contribution in [2.24, 2.45) is 0 Å². The smallest absolute Gasteiger partial charge is 0.290 e. The second-order valence-electron chi connectivity index (χ2n) is 5.00. The van der Waals surface area contributed by atoms with Gasteiger partial charge in [0.2, 0.25) is 5.91 Å². The Hall–Kier alpha value is -1.50. The highest BCUT2D eigenvalue weighted by molar-refractivity contribution is 9.10. The minimum atomic E-state index is -0.369. The van der Waals surface area contributed by atoms with Crippen molar-refractivity contribution in [3.63, 3.8) is 0 Å². The number of carbonyl (C=O) groups is 2. The molecule has 0 saturated heterocycles. The summed E-state index contributed by atoms with van der Waals surface area (Å²) >= 11 is 15.1. The average Bonchev–Trinajstić information content (AvgIpc) is 2.96. The van der Waals surface area contributed by atoms with Gasteiger partial charge in [-0.15, -0.1) is 0 Å². The van der Waals surface area contributed by atoms with Crippen LogP contribution in [0, 0.1) is 0 Å². The molecule has 0 unspecified atom stereocenters. The van der Waals surface area contributed by atoms with Gasteiger partial charge in [-0.25, -0.2) is 0 Å². The van der Waals surface area contributed by atoms with Gasteiger partial charge in [-0.1, -0.05) is 30.1 Å². The number of hydrogen-bond acceptors (Lipinski definition) is 3.